The lowest BCUT2D eigenvalue weighted by molar-refractivity contribution is 0.0697. The standard InChI is InChI=1S/C24H28N6O3/c1-33-15-5-10-25-24(28-19-7-4-6-18(16-19)23(31)32)30-13-11-29(12-14-30)22-20-8-2-3-9-21(20)26-17-27-22/h2-4,6-9,16-17H,5,10-15H2,1H3,(H,25,28)(H,31,32). The first-order chi connectivity index (χ1) is 16.2. The van der Waals surface area contributed by atoms with Crippen LogP contribution in [0.15, 0.2) is 59.9 Å². The van der Waals surface area contributed by atoms with Gasteiger partial charge in [0.1, 0.15) is 12.1 Å². The molecule has 1 aromatic heterocycles. The molecule has 33 heavy (non-hydrogen) atoms. The fourth-order valence-electron chi connectivity index (χ4n) is 3.84. The first kappa shape index (κ1) is 22.5. The molecule has 0 unspecified atom stereocenters. The molecule has 0 radical (unpaired) electrons. The van der Waals surface area contributed by atoms with Gasteiger partial charge in [-0.25, -0.2) is 14.8 Å². The first-order valence-corrected chi connectivity index (χ1v) is 11.0. The van der Waals surface area contributed by atoms with Gasteiger partial charge in [-0.3, -0.25) is 4.99 Å². The Bertz CT molecular complexity index is 1120. The number of nitrogens with one attached hydrogen (secondary N) is 1. The predicted octanol–water partition coefficient (Wildman–Crippen LogP) is 2.95. The maximum absolute atomic E-state index is 11.4. The van der Waals surface area contributed by atoms with Gasteiger partial charge >= 0.3 is 5.97 Å². The molecule has 2 aromatic carbocycles. The van der Waals surface area contributed by atoms with E-state index in [0.29, 0.717) is 18.8 Å². The molecule has 3 aromatic rings. The van der Waals surface area contributed by atoms with Crippen molar-refractivity contribution in [1.29, 1.82) is 0 Å². The van der Waals surface area contributed by atoms with Crippen molar-refractivity contribution in [2.45, 2.75) is 6.42 Å². The molecule has 1 aliphatic heterocycles. The summed E-state index contributed by atoms with van der Waals surface area (Å²) >= 11 is 0. The number of aromatic carboxylic acids is 1. The molecule has 1 aliphatic rings. The number of guanidine groups is 1. The van der Waals surface area contributed by atoms with Crippen LogP contribution in [0.5, 0.6) is 0 Å². The summed E-state index contributed by atoms with van der Waals surface area (Å²) in [4.78, 5) is 29.5. The molecule has 1 fully saturated rings. The van der Waals surface area contributed by atoms with Gasteiger partial charge in [-0.2, -0.15) is 0 Å². The molecule has 172 valence electrons. The quantitative estimate of drug-likeness (QED) is 0.323. The van der Waals surface area contributed by atoms with Gasteiger partial charge in [0.05, 0.1) is 11.1 Å². The molecule has 0 amide bonds. The van der Waals surface area contributed by atoms with Gasteiger partial charge in [0, 0.05) is 57.5 Å². The van der Waals surface area contributed by atoms with Gasteiger partial charge in [0.15, 0.2) is 5.96 Å². The lowest BCUT2D eigenvalue weighted by Crippen LogP contribution is -2.51. The van der Waals surface area contributed by atoms with Crippen LogP contribution in [0.1, 0.15) is 16.8 Å². The Morgan fingerprint density at radius 1 is 1.12 bits per heavy atom. The maximum Gasteiger partial charge on any atom is 0.335 e. The topological polar surface area (TPSA) is 103 Å². The number of carbonyl (C=O) groups is 1. The van der Waals surface area contributed by atoms with Crippen LogP contribution in [0.25, 0.3) is 10.9 Å². The highest BCUT2D eigenvalue weighted by Crippen LogP contribution is 2.23. The van der Waals surface area contributed by atoms with E-state index in [1.807, 2.05) is 24.3 Å². The van der Waals surface area contributed by atoms with Crippen molar-refractivity contribution in [1.82, 2.24) is 14.9 Å². The number of anilines is 2. The molecule has 9 heteroatoms. The fourth-order valence-corrected chi connectivity index (χ4v) is 3.84. The monoisotopic (exact) mass is 448 g/mol. The Morgan fingerprint density at radius 3 is 2.73 bits per heavy atom. The second-order valence-corrected chi connectivity index (χ2v) is 7.75. The van der Waals surface area contributed by atoms with Gasteiger partial charge in [-0.05, 0) is 36.8 Å². The summed E-state index contributed by atoms with van der Waals surface area (Å²) in [6, 6.07) is 14.8. The predicted molar refractivity (Wildman–Crippen MR) is 129 cm³/mol. The second kappa shape index (κ2) is 10.7. The maximum atomic E-state index is 11.4. The van der Waals surface area contributed by atoms with Gasteiger partial charge in [0.2, 0.25) is 0 Å². The van der Waals surface area contributed by atoms with Crippen molar-refractivity contribution >= 4 is 34.3 Å². The average Bonchev–Trinajstić information content (AvgIpc) is 2.86. The van der Waals surface area contributed by atoms with Gasteiger partial charge < -0.3 is 25.0 Å². The third kappa shape index (κ3) is 5.56. The van der Waals surface area contributed by atoms with E-state index in [1.165, 1.54) is 0 Å². The molecule has 0 atom stereocenters. The molecule has 9 nitrogen and oxygen atoms in total. The molecule has 2 heterocycles. The van der Waals surface area contributed by atoms with Crippen LogP contribution in [0.2, 0.25) is 0 Å². The minimum atomic E-state index is -0.956. The highest BCUT2D eigenvalue weighted by Gasteiger charge is 2.22. The van der Waals surface area contributed by atoms with Crippen LogP contribution in [0.3, 0.4) is 0 Å². The number of hydrogen-bond donors (Lipinski definition) is 2. The number of ether oxygens (including phenoxy) is 1. The summed E-state index contributed by atoms with van der Waals surface area (Å²) in [5.74, 6) is 0.727. The SMILES string of the molecule is COCCCN=C(Nc1cccc(C(=O)O)c1)N1CCN(c2ncnc3ccccc23)CC1. The van der Waals surface area contributed by atoms with Crippen LogP contribution in [0.4, 0.5) is 11.5 Å². The molecule has 0 spiro atoms. The molecule has 0 saturated carbocycles. The number of aromatic nitrogens is 2. The Labute approximate surface area is 192 Å². The Morgan fingerprint density at radius 2 is 1.94 bits per heavy atom. The molecule has 1 saturated heterocycles. The number of piperazine rings is 1. The molecule has 4 rings (SSSR count). The van der Waals surface area contributed by atoms with E-state index in [2.05, 4.69) is 31.2 Å². The number of benzene rings is 2. The van der Waals surface area contributed by atoms with E-state index in [-0.39, 0.29) is 5.56 Å². The van der Waals surface area contributed by atoms with Crippen molar-refractivity contribution in [3.8, 4) is 0 Å². The van der Waals surface area contributed by atoms with Crippen molar-refractivity contribution in [3.63, 3.8) is 0 Å². The number of methoxy groups -OCH3 is 1. The van der Waals surface area contributed by atoms with Crippen LogP contribution in [-0.4, -0.2) is 78.3 Å². The number of aliphatic imine (C=N–C) groups is 1. The first-order valence-electron chi connectivity index (χ1n) is 11.0. The average molecular weight is 449 g/mol. The number of para-hydroxylation sites is 1. The Hall–Kier alpha value is -3.72. The van der Waals surface area contributed by atoms with E-state index in [9.17, 15) is 9.90 Å². The third-order valence-corrected chi connectivity index (χ3v) is 5.53. The van der Waals surface area contributed by atoms with Crippen molar-refractivity contribution < 1.29 is 14.6 Å². The van der Waals surface area contributed by atoms with Crippen LogP contribution in [-0.2, 0) is 4.74 Å². The normalized spacial score (nSPS) is 14.5. The zero-order chi connectivity index (χ0) is 23.0. The molecule has 0 bridgehead atoms. The number of fused-ring (bicyclic) bond motifs is 1. The van der Waals surface area contributed by atoms with E-state index in [0.717, 1.165) is 55.3 Å². The summed E-state index contributed by atoms with van der Waals surface area (Å²) in [5, 5.41) is 13.7. The minimum Gasteiger partial charge on any atom is -0.478 e. The number of hydrogen-bond acceptors (Lipinski definition) is 6. The van der Waals surface area contributed by atoms with Crippen molar-refractivity contribution in [3.05, 3.63) is 60.4 Å². The zero-order valence-corrected chi connectivity index (χ0v) is 18.6. The third-order valence-electron chi connectivity index (χ3n) is 5.53. The highest BCUT2D eigenvalue weighted by molar-refractivity contribution is 5.96. The van der Waals surface area contributed by atoms with Gasteiger partial charge in [-0.15, -0.1) is 0 Å². The van der Waals surface area contributed by atoms with E-state index in [1.54, 1.807) is 31.6 Å². The molecule has 0 aliphatic carbocycles. The minimum absolute atomic E-state index is 0.235. The highest BCUT2D eigenvalue weighted by atomic mass is 16.5. The largest absolute Gasteiger partial charge is 0.478 e. The van der Waals surface area contributed by atoms with Crippen molar-refractivity contribution in [2.75, 3.05) is 56.7 Å². The number of carboxylic acid groups (broad SMARTS) is 1. The summed E-state index contributed by atoms with van der Waals surface area (Å²) in [6.45, 7) is 4.34. The molecular weight excluding hydrogens is 420 g/mol. The molecule has 2 N–H and O–H groups in total. The molecular formula is C24H28N6O3. The van der Waals surface area contributed by atoms with Gasteiger partial charge in [0.25, 0.3) is 0 Å². The van der Waals surface area contributed by atoms with Crippen LogP contribution in [0, 0.1) is 0 Å². The van der Waals surface area contributed by atoms with Crippen LogP contribution < -0.4 is 10.2 Å². The lowest BCUT2D eigenvalue weighted by atomic mass is 10.2. The summed E-state index contributed by atoms with van der Waals surface area (Å²) in [5.41, 5.74) is 1.87. The van der Waals surface area contributed by atoms with Crippen LogP contribution >= 0.6 is 0 Å². The smallest absolute Gasteiger partial charge is 0.335 e. The second-order valence-electron chi connectivity index (χ2n) is 7.75. The zero-order valence-electron chi connectivity index (χ0n) is 18.6. The van der Waals surface area contributed by atoms with E-state index < -0.39 is 5.97 Å². The number of carboxylic acids is 1. The van der Waals surface area contributed by atoms with E-state index >= 15 is 0 Å². The summed E-state index contributed by atoms with van der Waals surface area (Å²) in [7, 11) is 1.68. The van der Waals surface area contributed by atoms with Gasteiger partial charge in [-0.1, -0.05) is 18.2 Å². The number of rotatable bonds is 7. The summed E-state index contributed by atoms with van der Waals surface area (Å²) in [6.07, 6.45) is 2.42. The fraction of sp³-hybridized carbons (Fsp3) is 0.333. The van der Waals surface area contributed by atoms with E-state index in [4.69, 9.17) is 9.73 Å². The van der Waals surface area contributed by atoms with Crippen molar-refractivity contribution in [2.24, 2.45) is 4.99 Å². The Kier molecular flexibility index (Phi) is 7.31. The number of nitrogens with zero attached hydrogens (tertiary/aromatic N) is 5. The Balaban J connectivity index is 1.49. The lowest BCUT2D eigenvalue weighted by Gasteiger charge is -2.37. The summed E-state index contributed by atoms with van der Waals surface area (Å²) < 4.78 is 5.14.